The molecule has 6 nitrogen and oxygen atoms in total. The summed E-state index contributed by atoms with van der Waals surface area (Å²) >= 11 is 0. The van der Waals surface area contributed by atoms with Gasteiger partial charge in [-0.05, 0) is 23.9 Å². The average molecular weight is 415 g/mol. The Morgan fingerprint density at radius 2 is 1.94 bits per heavy atom. The summed E-state index contributed by atoms with van der Waals surface area (Å²) in [6, 6.07) is 17.3. The summed E-state index contributed by atoms with van der Waals surface area (Å²) in [6.07, 6.45) is 4.13. The topological polar surface area (TPSA) is 71.5 Å². The zero-order valence-electron chi connectivity index (χ0n) is 17.5. The summed E-state index contributed by atoms with van der Waals surface area (Å²) in [5.41, 5.74) is 0.913. The van der Waals surface area contributed by atoms with Crippen LogP contribution in [0, 0.1) is 0 Å². The predicted molar refractivity (Wildman–Crippen MR) is 118 cm³/mol. The van der Waals surface area contributed by atoms with E-state index < -0.39 is 5.60 Å². The number of pyridine rings is 1. The van der Waals surface area contributed by atoms with Crippen molar-refractivity contribution in [2.75, 3.05) is 13.6 Å². The molecule has 2 aliphatic heterocycles. The van der Waals surface area contributed by atoms with Crippen LogP contribution in [0.5, 0.6) is 5.75 Å². The van der Waals surface area contributed by atoms with Gasteiger partial charge in [-0.2, -0.15) is 0 Å². The third-order valence-electron chi connectivity index (χ3n) is 6.51. The molecule has 2 aromatic carbocycles. The molecule has 0 bridgehead atoms. The third kappa shape index (κ3) is 3.63. The number of hydrogen-bond donors (Lipinski definition) is 1. The smallest absolute Gasteiger partial charge is 0.271 e. The zero-order valence-corrected chi connectivity index (χ0v) is 17.5. The lowest BCUT2D eigenvalue weighted by Crippen LogP contribution is -2.46. The standard InChI is InChI=1S/C25H25N3O3/c1-28-15-13-25(12-10-22(28)29)16-20(19-8-4-5-9-21(19)31-25)27-24(30)23-18-7-3-2-6-17(18)11-14-26-23/h2-9,11,14,20H,10,12-13,15-16H2,1H3,(H,27,30). The molecule has 2 amide bonds. The van der Waals surface area contributed by atoms with Crippen LogP contribution in [0.3, 0.4) is 0 Å². The molecule has 0 saturated carbocycles. The number of likely N-dealkylation sites (tertiary alicyclic amines) is 1. The van der Waals surface area contributed by atoms with Crippen molar-refractivity contribution in [1.82, 2.24) is 15.2 Å². The number of hydrogen-bond acceptors (Lipinski definition) is 4. The van der Waals surface area contributed by atoms with Crippen LogP contribution in [0.4, 0.5) is 0 Å². The molecule has 1 fully saturated rings. The maximum absolute atomic E-state index is 13.3. The molecule has 2 unspecified atom stereocenters. The van der Waals surface area contributed by atoms with Crippen molar-refractivity contribution in [2.45, 2.75) is 37.3 Å². The number of ether oxygens (including phenoxy) is 1. The minimum Gasteiger partial charge on any atom is -0.487 e. The van der Waals surface area contributed by atoms with Crippen molar-refractivity contribution in [1.29, 1.82) is 0 Å². The van der Waals surface area contributed by atoms with Gasteiger partial charge in [0.2, 0.25) is 5.91 Å². The number of rotatable bonds is 2. The number of fused-ring (bicyclic) bond motifs is 2. The average Bonchev–Trinajstić information content (AvgIpc) is 2.93. The fraction of sp³-hybridized carbons (Fsp3) is 0.320. The maximum Gasteiger partial charge on any atom is 0.271 e. The monoisotopic (exact) mass is 415 g/mol. The lowest BCUT2D eigenvalue weighted by atomic mass is 9.82. The number of aromatic nitrogens is 1. The van der Waals surface area contributed by atoms with E-state index in [9.17, 15) is 9.59 Å². The Bertz CT molecular complexity index is 1160. The normalized spacial score (nSPS) is 23.2. The first kappa shape index (κ1) is 19.5. The number of para-hydroxylation sites is 1. The summed E-state index contributed by atoms with van der Waals surface area (Å²) in [5, 5.41) is 5.03. The molecule has 5 rings (SSSR count). The quantitative estimate of drug-likeness (QED) is 0.690. The van der Waals surface area contributed by atoms with E-state index in [1.54, 1.807) is 11.1 Å². The van der Waals surface area contributed by atoms with Crippen LogP contribution in [0.1, 0.15) is 47.8 Å². The van der Waals surface area contributed by atoms with E-state index in [0.717, 1.165) is 28.5 Å². The molecule has 3 aromatic rings. The molecule has 1 saturated heterocycles. The van der Waals surface area contributed by atoms with Crippen molar-refractivity contribution in [3.05, 3.63) is 72.1 Å². The fourth-order valence-electron chi connectivity index (χ4n) is 4.73. The van der Waals surface area contributed by atoms with Crippen LogP contribution in [-0.2, 0) is 4.79 Å². The van der Waals surface area contributed by atoms with Crippen LogP contribution in [0.15, 0.2) is 60.8 Å². The highest BCUT2D eigenvalue weighted by Gasteiger charge is 2.43. The van der Waals surface area contributed by atoms with Gasteiger partial charge in [0, 0.05) is 50.0 Å². The van der Waals surface area contributed by atoms with Gasteiger partial charge in [0.15, 0.2) is 0 Å². The van der Waals surface area contributed by atoms with Crippen molar-refractivity contribution >= 4 is 22.6 Å². The van der Waals surface area contributed by atoms with E-state index >= 15 is 0 Å². The molecule has 3 heterocycles. The van der Waals surface area contributed by atoms with Crippen molar-refractivity contribution in [2.24, 2.45) is 0 Å². The molecule has 2 aliphatic rings. The largest absolute Gasteiger partial charge is 0.487 e. The van der Waals surface area contributed by atoms with Crippen molar-refractivity contribution < 1.29 is 14.3 Å². The molecule has 1 aromatic heterocycles. The number of amides is 2. The molecule has 158 valence electrons. The Labute approximate surface area is 181 Å². The second-order valence-corrected chi connectivity index (χ2v) is 8.50. The molecule has 6 heteroatoms. The first-order chi connectivity index (χ1) is 15.0. The SMILES string of the molecule is CN1CCC2(CCC1=O)CC(NC(=O)c1nccc3ccccc13)c1ccccc1O2. The summed E-state index contributed by atoms with van der Waals surface area (Å²) < 4.78 is 6.48. The Morgan fingerprint density at radius 1 is 1.13 bits per heavy atom. The van der Waals surface area contributed by atoms with Gasteiger partial charge in [-0.25, -0.2) is 0 Å². The highest BCUT2D eigenvalue weighted by molar-refractivity contribution is 6.05. The number of nitrogens with zero attached hydrogens (tertiary/aromatic N) is 2. The third-order valence-corrected chi connectivity index (χ3v) is 6.51. The Balaban J connectivity index is 1.47. The Morgan fingerprint density at radius 3 is 2.84 bits per heavy atom. The van der Waals surface area contributed by atoms with Gasteiger partial charge in [-0.1, -0.05) is 42.5 Å². The second kappa shape index (κ2) is 7.69. The van der Waals surface area contributed by atoms with Gasteiger partial charge < -0.3 is 15.0 Å². The summed E-state index contributed by atoms with van der Waals surface area (Å²) in [6.45, 7) is 0.645. The number of benzene rings is 2. The van der Waals surface area contributed by atoms with Gasteiger partial charge >= 0.3 is 0 Å². The molecule has 1 spiro atoms. The summed E-state index contributed by atoms with van der Waals surface area (Å²) in [5.74, 6) is 0.720. The highest BCUT2D eigenvalue weighted by Crippen LogP contribution is 2.44. The second-order valence-electron chi connectivity index (χ2n) is 8.50. The van der Waals surface area contributed by atoms with Crippen LogP contribution >= 0.6 is 0 Å². The molecule has 2 atom stereocenters. The molecular weight excluding hydrogens is 390 g/mol. The van der Waals surface area contributed by atoms with Gasteiger partial charge in [0.05, 0.1) is 6.04 Å². The van der Waals surface area contributed by atoms with Crippen LogP contribution in [-0.4, -0.2) is 40.9 Å². The van der Waals surface area contributed by atoms with Gasteiger partial charge in [0.1, 0.15) is 17.0 Å². The minimum absolute atomic E-state index is 0.139. The van der Waals surface area contributed by atoms with E-state index in [-0.39, 0.29) is 17.9 Å². The predicted octanol–water partition coefficient (Wildman–Crippen LogP) is 3.87. The van der Waals surface area contributed by atoms with Crippen molar-refractivity contribution in [3.63, 3.8) is 0 Å². The van der Waals surface area contributed by atoms with Crippen molar-refractivity contribution in [3.8, 4) is 5.75 Å². The number of carbonyl (C=O) groups excluding carboxylic acids is 2. The summed E-state index contributed by atoms with van der Waals surface area (Å²) in [7, 11) is 1.84. The van der Waals surface area contributed by atoms with Crippen LogP contribution < -0.4 is 10.1 Å². The van der Waals surface area contributed by atoms with E-state index in [4.69, 9.17) is 4.74 Å². The minimum atomic E-state index is -0.473. The highest BCUT2D eigenvalue weighted by atomic mass is 16.5. The van der Waals surface area contributed by atoms with E-state index in [1.807, 2.05) is 61.6 Å². The van der Waals surface area contributed by atoms with Crippen LogP contribution in [0.2, 0.25) is 0 Å². The van der Waals surface area contributed by atoms with E-state index in [2.05, 4.69) is 10.3 Å². The maximum atomic E-state index is 13.3. The zero-order chi connectivity index (χ0) is 21.4. The Hall–Kier alpha value is -3.41. The first-order valence-corrected chi connectivity index (χ1v) is 10.7. The molecule has 31 heavy (non-hydrogen) atoms. The Kier molecular flexibility index (Phi) is 4.85. The molecule has 0 aliphatic carbocycles. The van der Waals surface area contributed by atoms with Gasteiger partial charge in [0.25, 0.3) is 5.91 Å². The number of carbonyl (C=O) groups is 2. The van der Waals surface area contributed by atoms with Gasteiger partial charge in [-0.3, -0.25) is 14.6 Å². The van der Waals surface area contributed by atoms with E-state index in [1.165, 1.54) is 0 Å². The lowest BCUT2D eigenvalue weighted by molar-refractivity contribution is -0.129. The molecule has 0 radical (unpaired) electrons. The van der Waals surface area contributed by atoms with Crippen LogP contribution in [0.25, 0.3) is 10.8 Å². The molecular formula is C25H25N3O3. The number of nitrogens with one attached hydrogen (secondary N) is 1. The summed E-state index contributed by atoms with van der Waals surface area (Å²) in [4.78, 5) is 31.7. The van der Waals surface area contributed by atoms with Gasteiger partial charge in [-0.15, -0.1) is 0 Å². The first-order valence-electron chi connectivity index (χ1n) is 10.7. The molecule has 1 N–H and O–H groups in total. The lowest BCUT2D eigenvalue weighted by Gasteiger charge is -2.42. The van der Waals surface area contributed by atoms with E-state index in [0.29, 0.717) is 31.5 Å². The fourth-order valence-corrected chi connectivity index (χ4v) is 4.73.